The highest BCUT2D eigenvalue weighted by molar-refractivity contribution is 4.90. The third kappa shape index (κ3) is 5.86. The number of hydrogen-bond donors (Lipinski definition) is 0. The van der Waals surface area contributed by atoms with Crippen LogP contribution in [-0.2, 0) is 0 Å². The van der Waals surface area contributed by atoms with Crippen molar-refractivity contribution in [1.29, 1.82) is 0 Å². The summed E-state index contributed by atoms with van der Waals surface area (Å²) < 4.78 is 0. The van der Waals surface area contributed by atoms with Gasteiger partial charge in [-0.15, -0.1) is 0 Å². The number of likely N-dealkylation sites (tertiary alicyclic amines) is 2. The van der Waals surface area contributed by atoms with Gasteiger partial charge in [0.05, 0.1) is 0 Å². The van der Waals surface area contributed by atoms with Crippen LogP contribution in [0.1, 0.15) is 48.0 Å². The molecule has 2 heteroatoms. The number of nitrogens with zero attached hydrogens (tertiary/aromatic N) is 2. The first-order chi connectivity index (χ1) is 7.75. The molecule has 0 radical (unpaired) electrons. The lowest BCUT2D eigenvalue weighted by Crippen LogP contribution is -2.38. The van der Waals surface area contributed by atoms with Gasteiger partial charge < -0.3 is 9.80 Å². The molecule has 2 rings (SSSR count). The Kier molecular flexibility index (Phi) is 13.0. The minimum Gasteiger partial charge on any atom is -0.304 e. The molecule has 2 saturated heterocycles. The molecule has 0 saturated carbocycles. The van der Waals surface area contributed by atoms with E-state index in [0.29, 0.717) is 0 Å². The van der Waals surface area contributed by atoms with Crippen molar-refractivity contribution < 1.29 is 0 Å². The highest BCUT2D eigenvalue weighted by Gasteiger charge is 2.34. The average molecular weight is 230 g/mol. The summed E-state index contributed by atoms with van der Waals surface area (Å²) in [6.45, 7) is 15.9. The molecule has 0 aliphatic carbocycles. The normalized spacial score (nSPS) is 27.8. The van der Waals surface area contributed by atoms with Gasteiger partial charge in [0, 0.05) is 25.7 Å². The summed E-state index contributed by atoms with van der Waals surface area (Å²) in [5.41, 5.74) is 0. The van der Waals surface area contributed by atoms with E-state index in [9.17, 15) is 0 Å². The molecule has 0 spiro atoms. The lowest BCUT2D eigenvalue weighted by molar-refractivity contribution is 0.204. The first-order valence-electron chi connectivity index (χ1n) is 7.14. The molecule has 0 amide bonds. The Morgan fingerprint density at radius 1 is 0.750 bits per heavy atom. The van der Waals surface area contributed by atoms with Crippen LogP contribution in [-0.4, -0.2) is 49.6 Å². The highest BCUT2D eigenvalue weighted by Crippen LogP contribution is 2.26. The lowest BCUT2D eigenvalue weighted by atomic mass is 10.0. The number of hydrogen-bond acceptors (Lipinski definition) is 2. The summed E-state index contributed by atoms with van der Waals surface area (Å²) in [7, 11) is 4.49. The second-order valence-corrected chi connectivity index (χ2v) is 3.92. The van der Waals surface area contributed by atoms with Crippen LogP contribution in [0.3, 0.4) is 0 Å². The Balaban J connectivity index is 0. The van der Waals surface area contributed by atoms with Crippen molar-refractivity contribution in [3.63, 3.8) is 0 Å². The van der Waals surface area contributed by atoms with Crippen molar-refractivity contribution in [3.05, 3.63) is 0 Å². The number of rotatable bonds is 0. The van der Waals surface area contributed by atoms with Crippen LogP contribution in [0.25, 0.3) is 0 Å². The fraction of sp³-hybridized carbons (Fsp3) is 1.00. The maximum atomic E-state index is 2.51. The van der Waals surface area contributed by atoms with Gasteiger partial charge in [-0.3, -0.25) is 0 Å². The van der Waals surface area contributed by atoms with E-state index in [1.807, 2.05) is 41.5 Å². The van der Waals surface area contributed by atoms with Crippen molar-refractivity contribution in [2.75, 3.05) is 33.7 Å². The van der Waals surface area contributed by atoms with Gasteiger partial charge in [0.25, 0.3) is 0 Å². The molecular formula is C14H34N2. The zero-order chi connectivity index (χ0) is 13.1. The quantitative estimate of drug-likeness (QED) is 0.630. The monoisotopic (exact) mass is 230 g/mol. The van der Waals surface area contributed by atoms with E-state index in [1.54, 1.807) is 0 Å². The van der Waals surface area contributed by atoms with Crippen LogP contribution >= 0.6 is 0 Å². The van der Waals surface area contributed by atoms with Crippen LogP contribution in [0.15, 0.2) is 0 Å². The number of piperidine rings is 1. The first kappa shape index (κ1) is 18.3. The van der Waals surface area contributed by atoms with Gasteiger partial charge in [0.15, 0.2) is 0 Å². The fourth-order valence-corrected chi connectivity index (χ4v) is 2.42. The van der Waals surface area contributed by atoms with E-state index in [0.717, 1.165) is 12.0 Å². The first-order valence-corrected chi connectivity index (χ1v) is 7.14. The maximum absolute atomic E-state index is 2.51. The lowest BCUT2D eigenvalue weighted by Gasteiger charge is -2.28. The number of fused-ring (bicyclic) bond motifs is 2. The molecule has 2 unspecified atom stereocenters. The average Bonchev–Trinajstić information content (AvgIpc) is 2.61. The van der Waals surface area contributed by atoms with E-state index in [4.69, 9.17) is 0 Å². The zero-order valence-corrected chi connectivity index (χ0v) is 12.9. The van der Waals surface area contributed by atoms with Crippen molar-refractivity contribution in [1.82, 2.24) is 9.80 Å². The largest absolute Gasteiger partial charge is 0.304 e. The van der Waals surface area contributed by atoms with Gasteiger partial charge in [0.1, 0.15) is 0 Å². The summed E-state index contributed by atoms with van der Waals surface area (Å²) in [5.74, 6) is 0.966. The molecule has 0 aromatic heterocycles. The summed E-state index contributed by atoms with van der Waals surface area (Å²) in [4.78, 5) is 4.97. The van der Waals surface area contributed by atoms with Gasteiger partial charge in [-0.05, 0) is 26.4 Å². The van der Waals surface area contributed by atoms with Crippen LogP contribution < -0.4 is 0 Å². The van der Waals surface area contributed by atoms with E-state index < -0.39 is 0 Å². The second-order valence-electron chi connectivity index (χ2n) is 3.92. The molecule has 2 fully saturated rings. The van der Waals surface area contributed by atoms with Gasteiger partial charge in [-0.2, -0.15) is 0 Å². The van der Waals surface area contributed by atoms with E-state index in [-0.39, 0.29) is 0 Å². The molecule has 2 aliphatic rings. The van der Waals surface area contributed by atoms with Crippen molar-refractivity contribution in [2.24, 2.45) is 5.92 Å². The molecule has 2 aliphatic heterocycles. The standard InChI is InChI=1S/C8H16N2.3C2H6/c1-9-4-7-3-8(6-9)10(2)5-7;3*1-2/h7-8H,3-6H2,1-2H3;3*1-2H3. The highest BCUT2D eigenvalue weighted by atomic mass is 15.2. The molecule has 0 aromatic carbocycles. The van der Waals surface area contributed by atoms with Crippen LogP contribution in [0.5, 0.6) is 0 Å². The summed E-state index contributed by atoms with van der Waals surface area (Å²) in [6, 6.07) is 0.865. The Bertz CT molecular complexity index is 132. The molecule has 2 atom stereocenters. The van der Waals surface area contributed by atoms with Gasteiger partial charge >= 0.3 is 0 Å². The molecule has 2 nitrogen and oxygen atoms in total. The Hall–Kier alpha value is -0.0800. The summed E-state index contributed by atoms with van der Waals surface area (Å²) in [5, 5.41) is 0. The molecular weight excluding hydrogens is 196 g/mol. The maximum Gasteiger partial charge on any atom is 0.0223 e. The molecule has 100 valence electrons. The Morgan fingerprint density at radius 3 is 1.69 bits per heavy atom. The third-order valence-electron chi connectivity index (χ3n) is 2.87. The van der Waals surface area contributed by atoms with Gasteiger partial charge in [-0.1, -0.05) is 41.5 Å². The molecule has 2 bridgehead atoms. The molecule has 0 N–H and O–H groups in total. The minimum absolute atomic E-state index is 0.865. The van der Waals surface area contributed by atoms with Crippen LogP contribution in [0, 0.1) is 5.92 Å². The van der Waals surface area contributed by atoms with Gasteiger partial charge in [-0.25, -0.2) is 0 Å². The predicted molar refractivity (Wildman–Crippen MR) is 76.1 cm³/mol. The van der Waals surface area contributed by atoms with E-state index >= 15 is 0 Å². The van der Waals surface area contributed by atoms with E-state index in [2.05, 4.69) is 23.9 Å². The minimum atomic E-state index is 0.865. The fourth-order valence-electron chi connectivity index (χ4n) is 2.42. The van der Waals surface area contributed by atoms with Crippen LogP contribution in [0.2, 0.25) is 0 Å². The third-order valence-corrected chi connectivity index (χ3v) is 2.87. The number of likely N-dealkylation sites (N-methyl/N-ethyl adjacent to an activating group) is 2. The van der Waals surface area contributed by atoms with Crippen molar-refractivity contribution in [3.8, 4) is 0 Å². The van der Waals surface area contributed by atoms with Crippen molar-refractivity contribution >= 4 is 0 Å². The molecule has 0 aromatic rings. The van der Waals surface area contributed by atoms with E-state index in [1.165, 1.54) is 26.1 Å². The Morgan fingerprint density at radius 2 is 1.25 bits per heavy atom. The van der Waals surface area contributed by atoms with Gasteiger partial charge in [0.2, 0.25) is 0 Å². The smallest absolute Gasteiger partial charge is 0.0223 e. The second kappa shape index (κ2) is 11.4. The van der Waals surface area contributed by atoms with Crippen molar-refractivity contribution in [2.45, 2.75) is 54.0 Å². The topological polar surface area (TPSA) is 6.48 Å². The summed E-state index contributed by atoms with van der Waals surface area (Å²) in [6.07, 6.45) is 1.45. The SMILES string of the molecule is CC.CC.CC.CN1CC2CC(C1)N(C)C2. The Labute approximate surface area is 104 Å². The molecule has 2 heterocycles. The van der Waals surface area contributed by atoms with Crippen LogP contribution in [0.4, 0.5) is 0 Å². The zero-order valence-electron chi connectivity index (χ0n) is 12.9. The summed E-state index contributed by atoms with van der Waals surface area (Å²) >= 11 is 0. The predicted octanol–water partition coefficient (Wildman–Crippen LogP) is 3.33. The molecule has 16 heavy (non-hydrogen) atoms.